The monoisotopic (exact) mass is 218 g/mol. The largest absolute Gasteiger partial charge is 0.494 e. The topological polar surface area (TPSA) is 45.0 Å². The number of nitrogens with one attached hydrogen (secondary N) is 1. The van der Waals surface area contributed by atoms with Crippen LogP contribution < -0.4 is 10.1 Å². The fraction of sp³-hybridized carbons (Fsp3) is 0.462. The molecule has 1 rings (SSSR count). The molecule has 0 amide bonds. The van der Waals surface area contributed by atoms with E-state index in [0.29, 0.717) is 6.42 Å². The molecule has 16 heavy (non-hydrogen) atoms. The van der Waals surface area contributed by atoms with Crippen molar-refractivity contribution in [3.63, 3.8) is 0 Å². The van der Waals surface area contributed by atoms with E-state index in [1.165, 1.54) is 0 Å². The number of hydrogen-bond acceptors (Lipinski definition) is 3. The van der Waals surface area contributed by atoms with Gasteiger partial charge in [0.1, 0.15) is 5.75 Å². The quantitative estimate of drug-likeness (QED) is 0.797. The van der Waals surface area contributed by atoms with Gasteiger partial charge in [-0.05, 0) is 37.6 Å². The molecule has 3 nitrogen and oxygen atoms in total. The van der Waals surface area contributed by atoms with Gasteiger partial charge in [0.05, 0.1) is 19.1 Å². The van der Waals surface area contributed by atoms with Gasteiger partial charge in [0, 0.05) is 11.7 Å². The van der Waals surface area contributed by atoms with Crippen LogP contribution in [0.2, 0.25) is 0 Å². The predicted octanol–water partition coefficient (Wildman–Crippen LogP) is 3.19. The molecule has 0 bridgehead atoms. The Morgan fingerprint density at radius 3 is 2.62 bits per heavy atom. The van der Waals surface area contributed by atoms with Gasteiger partial charge in [-0.2, -0.15) is 5.26 Å². The first-order valence-electron chi connectivity index (χ1n) is 5.62. The Hall–Kier alpha value is -1.69. The molecule has 1 N–H and O–H groups in total. The Morgan fingerprint density at radius 2 is 2.06 bits per heavy atom. The van der Waals surface area contributed by atoms with Crippen molar-refractivity contribution in [2.24, 2.45) is 0 Å². The van der Waals surface area contributed by atoms with E-state index in [9.17, 15) is 0 Å². The summed E-state index contributed by atoms with van der Waals surface area (Å²) in [5, 5.41) is 11.8. The van der Waals surface area contributed by atoms with Crippen LogP contribution in [-0.2, 0) is 0 Å². The minimum absolute atomic E-state index is 0.174. The molecule has 0 heterocycles. The van der Waals surface area contributed by atoms with Crippen LogP contribution in [0.15, 0.2) is 24.3 Å². The summed E-state index contributed by atoms with van der Waals surface area (Å²) in [6.07, 6.45) is 1.52. The zero-order chi connectivity index (χ0) is 11.8. The first-order chi connectivity index (χ1) is 7.76. The minimum Gasteiger partial charge on any atom is -0.494 e. The van der Waals surface area contributed by atoms with Gasteiger partial charge in [-0.1, -0.05) is 6.92 Å². The summed E-state index contributed by atoms with van der Waals surface area (Å²) in [5.41, 5.74) is 1.02. The number of ether oxygens (including phenoxy) is 1. The average Bonchev–Trinajstić information content (AvgIpc) is 2.28. The number of hydrogen-bond donors (Lipinski definition) is 1. The average molecular weight is 218 g/mol. The molecule has 3 heteroatoms. The molecule has 0 fully saturated rings. The Balaban J connectivity index is 2.48. The van der Waals surface area contributed by atoms with Gasteiger partial charge in [0.25, 0.3) is 0 Å². The lowest BCUT2D eigenvalue weighted by molar-refractivity contribution is 0.317. The maximum atomic E-state index is 8.55. The van der Waals surface area contributed by atoms with Crippen molar-refractivity contribution in [3.8, 4) is 11.8 Å². The van der Waals surface area contributed by atoms with Crippen molar-refractivity contribution in [2.75, 3.05) is 11.9 Å². The van der Waals surface area contributed by atoms with Crippen LogP contribution >= 0.6 is 0 Å². The molecular formula is C13H18N2O. The van der Waals surface area contributed by atoms with Crippen LogP contribution in [-0.4, -0.2) is 12.6 Å². The Kier molecular flexibility index (Phi) is 5.21. The Morgan fingerprint density at radius 1 is 1.38 bits per heavy atom. The summed E-state index contributed by atoms with van der Waals surface area (Å²) in [5.74, 6) is 0.889. The second-order valence-corrected chi connectivity index (χ2v) is 3.78. The van der Waals surface area contributed by atoms with Crippen LogP contribution in [0.5, 0.6) is 5.75 Å². The van der Waals surface area contributed by atoms with E-state index in [0.717, 1.165) is 24.5 Å². The van der Waals surface area contributed by atoms with E-state index in [1.807, 2.05) is 31.2 Å². The highest BCUT2D eigenvalue weighted by Crippen LogP contribution is 2.16. The molecular weight excluding hydrogens is 200 g/mol. The second-order valence-electron chi connectivity index (χ2n) is 3.78. The summed E-state index contributed by atoms with van der Waals surface area (Å²) >= 11 is 0. The SMILES string of the molecule is CCCOc1ccc(NC(C)CC#N)cc1. The molecule has 0 saturated heterocycles. The highest BCUT2D eigenvalue weighted by atomic mass is 16.5. The minimum atomic E-state index is 0.174. The van der Waals surface area contributed by atoms with E-state index in [4.69, 9.17) is 10.00 Å². The van der Waals surface area contributed by atoms with Crippen molar-refractivity contribution in [3.05, 3.63) is 24.3 Å². The molecule has 1 aromatic carbocycles. The maximum Gasteiger partial charge on any atom is 0.119 e. The summed E-state index contributed by atoms with van der Waals surface area (Å²) in [6, 6.07) is 10.1. The number of benzene rings is 1. The van der Waals surface area contributed by atoms with Gasteiger partial charge in [-0.15, -0.1) is 0 Å². The molecule has 0 spiro atoms. The molecule has 1 unspecified atom stereocenters. The number of rotatable bonds is 6. The third kappa shape index (κ3) is 4.22. The first kappa shape index (κ1) is 12.4. The molecule has 1 aromatic rings. The van der Waals surface area contributed by atoms with Gasteiger partial charge in [-0.3, -0.25) is 0 Å². The molecule has 0 aromatic heterocycles. The smallest absolute Gasteiger partial charge is 0.119 e. The number of nitrogens with zero attached hydrogens (tertiary/aromatic N) is 1. The first-order valence-corrected chi connectivity index (χ1v) is 5.62. The van der Waals surface area contributed by atoms with Crippen LogP contribution in [0, 0.1) is 11.3 Å². The van der Waals surface area contributed by atoms with E-state index >= 15 is 0 Å². The molecule has 1 atom stereocenters. The van der Waals surface area contributed by atoms with Crippen LogP contribution in [0.25, 0.3) is 0 Å². The normalized spacial score (nSPS) is 11.6. The van der Waals surface area contributed by atoms with Gasteiger partial charge in [-0.25, -0.2) is 0 Å². The number of anilines is 1. The van der Waals surface area contributed by atoms with E-state index in [1.54, 1.807) is 0 Å². The van der Waals surface area contributed by atoms with Crippen LogP contribution in [0.1, 0.15) is 26.7 Å². The fourth-order valence-corrected chi connectivity index (χ4v) is 1.34. The van der Waals surface area contributed by atoms with E-state index in [-0.39, 0.29) is 6.04 Å². The van der Waals surface area contributed by atoms with Gasteiger partial charge in [0.2, 0.25) is 0 Å². The lowest BCUT2D eigenvalue weighted by Crippen LogP contribution is -2.13. The predicted molar refractivity (Wildman–Crippen MR) is 65.5 cm³/mol. The third-order valence-corrected chi connectivity index (χ3v) is 2.14. The summed E-state index contributed by atoms with van der Waals surface area (Å²) in [4.78, 5) is 0. The van der Waals surface area contributed by atoms with Crippen molar-refractivity contribution < 1.29 is 4.74 Å². The fourth-order valence-electron chi connectivity index (χ4n) is 1.34. The Labute approximate surface area is 97.0 Å². The Bertz CT molecular complexity index is 340. The van der Waals surface area contributed by atoms with Crippen molar-refractivity contribution in [1.82, 2.24) is 0 Å². The standard InChI is InChI=1S/C13H18N2O/c1-3-10-16-13-6-4-12(5-7-13)15-11(2)8-9-14/h4-7,11,15H,3,8,10H2,1-2H3. The molecule has 86 valence electrons. The van der Waals surface area contributed by atoms with Gasteiger partial charge in [0.15, 0.2) is 0 Å². The lowest BCUT2D eigenvalue weighted by atomic mass is 10.2. The molecule has 0 aliphatic heterocycles. The second kappa shape index (κ2) is 6.73. The number of nitriles is 1. The van der Waals surface area contributed by atoms with Crippen molar-refractivity contribution in [1.29, 1.82) is 5.26 Å². The molecule has 0 radical (unpaired) electrons. The third-order valence-electron chi connectivity index (χ3n) is 2.14. The summed E-state index contributed by atoms with van der Waals surface area (Å²) < 4.78 is 5.48. The molecule has 0 aliphatic rings. The van der Waals surface area contributed by atoms with Crippen molar-refractivity contribution >= 4 is 5.69 Å². The lowest BCUT2D eigenvalue weighted by Gasteiger charge is -2.12. The zero-order valence-electron chi connectivity index (χ0n) is 9.86. The van der Waals surface area contributed by atoms with Gasteiger partial charge < -0.3 is 10.1 Å². The van der Waals surface area contributed by atoms with E-state index < -0.39 is 0 Å². The summed E-state index contributed by atoms with van der Waals surface area (Å²) in [6.45, 7) is 4.82. The molecule has 0 saturated carbocycles. The summed E-state index contributed by atoms with van der Waals surface area (Å²) in [7, 11) is 0. The maximum absolute atomic E-state index is 8.55. The zero-order valence-corrected chi connectivity index (χ0v) is 9.86. The van der Waals surface area contributed by atoms with Crippen molar-refractivity contribution in [2.45, 2.75) is 32.7 Å². The van der Waals surface area contributed by atoms with Gasteiger partial charge >= 0.3 is 0 Å². The van der Waals surface area contributed by atoms with Crippen LogP contribution in [0.3, 0.4) is 0 Å². The van der Waals surface area contributed by atoms with E-state index in [2.05, 4.69) is 18.3 Å². The highest BCUT2D eigenvalue weighted by molar-refractivity contribution is 5.47. The van der Waals surface area contributed by atoms with Crippen LogP contribution in [0.4, 0.5) is 5.69 Å². The highest BCUT2D eigenvalue weighted by Gasteiger charge is 2.00. The molecule has 0 aliphatic carbocycles.